The van der Waals surface area contributed by atoms with Crippen molar-refractivity contribution in [1.29, 1.82) is 5.41 Å². The monoisotopic (exact) mass is 472 g/mol. The molecule has 3 aromatic carbocycles. The lowest BCUT2D eigenvalue weighted by molar-refractivity contribution is -0.117. The van der Waals surface area contributed by atoms with Crippen molar-refractivity contribution in [2.45, 2.75) is 6.04 Å². The molecule has 35 heavy (non-hydrogen) atoms. The molecule has 1 heterocycles. The van der Waals surface area contributed by atoms with Crippen molar-refractivity contribution in [3.63, 3.8) is 0 Å². The van der Waals surface area contributed by atoms with Crippen molar-refractivity contribution < 1.29 is 19.4 Å². The highest BCUT2D eigenvalue weighted by molar-refractivity contribution is 5.99. The van der Waals surface area contributed by atoms with E-state index in [9.17, 15) is 14.7 Å². The van der Waals surface area contributed by atoms with Crippen LogP contribution in [0.4, 0.5) is 11.4 Å². The van der Waals surface area contributed by atoms with Crippen molar-refractivity contribution in [3.05, 3.63) is 89.5 Å². The van der Waals surface area contributed by atoms with Crippen LogP contribution < -0.4 is 16.4 Å². The first-order valence-corrected chi connectivity index (χ1v) is 11.2. The fourth-order valence-electron chi connectivity index (χ4n) is 3.81. The van der Waals surface area contributed by atoms with Gasteiger partial charge >= 0.3 is 0 Å². The molecule has 0 aromatic heterocycles. The average molecular weight is 473 g/mol. The van der Waals surface area contributed by atoms with Crippen LogP contribution in [0.15, 0.2) is 72.8 Å². The van der Waals surface area contributed by atoms with E-state index in [1.54, 1.807) is 71.6 Å². The molecule has 4 rings (SSSR count). The number of nitrogen functional groups attached to an aromatic ring is 1. The van der Waals surface area contributed by atoms with Gasteiger partial charge in [0.15, 0.2) is 5.75 Å². The number of rotatable bonds is 7. The van der Waals surface area contributed by atoms with Crippen molar-refractivity contribution in [1.82, 2.24) is 4.90 Å². The molecular weight excluding hydrogens is 446 g/mol. The number of amidine groups is 1. The van der Waals surface area contributed by atoms with Crippen LogP contribution >= 0.6 is 0 Å². The highest BCUT2D eigenvalue weighted by Crippen LogP contribution is 2.29. The van der Waals surface area contributed by atoms with E-state index in [0.717, 1.165) is 0 Å². The van der Waals surface area contributed by atoms with E-state index in [0.29, 0.717) is 48.8 Å². The van der Waals surface area contributed by atoms with Gasteiger partial charge in [-0.05, 0) is 42.5 Å². The maximum absolute atomic E-state index is 13.3. The zero-order chi connectivity index (χ0) is 24.8. The number of nitrogens with two attached hydrogens (primary N) is 1. The van der Waals surface area contributed by atoms with E-state index in [-0.39, 0.29) is 23.1 Å². The zero-order valence-corrected chi connectivity index (χ0v) is 19.0. The largest absolute Gasteiger partial charge is 0.384 e. The Bertz CT molecular complexity index is 1220. The molecule has 1 radical (unpaired) electrons. The molecule has 1 atom stereocenters. The second-order valence-corrected chi connectivity index (χ2v) is 8.08. The molecule has 1 aliphatic rings. The van der Waals surface area contributed by atoms with Gasteiger partial charge in [0.25, 0.3) is 11.8 Å². The van der Waals surface area contributed by atoms with E-state index in [4.69, 9.17) is 15.9 Å². The third kappa shape index (κ3) is 5.77. The number of nitrogens with one attached hydrogen (secondary N) is 3. The Morgan fingerprint density at radius 3 is 2.31 bits per heavy atom. The summed E-state index contributed by atoms with van der Waals surface area (Å²) < 4.78 is 5.29. The van der Waals surface area contributed by atoms with Crippen LogP contribution in [0.2, 0.25) is 0 Å². The number of carbonyl (C=O) groups excluding carboxylic acids is 2. The Balaban J connectivity index is 1.53. The lowest BCUT2D eigenvalue weighted by Crippen LogP contribution is -2.40. The quantitative estimate of drug-likeness (QED) is 0.308. The number of morpholine rings is 1. The van der Waals surface area contributed by atoms with E-state index in [2.05, 4.69) is 10.6 Å². The second kappa shape index (κ2) is 10.7. The van der Waals surface area contributed by atoms with Gasteiger partial charge in [-0.15, -0.1) is 0 Å². The van der Waals surface area contributed by atoms with E-state index in [1.165, 1.54) is 6.07 Å². The summed E-state index contributed by atoms with van der Waals surface area (Å²) in [6.07, 6.45) is 0. The van der Waals surface area contributed by atoms with Gasteiger partial charge in [0.2, 0.25) is 0 Å². The maximum atomic E-state index is 13.3. The second-order valence-electron chi connectivity index (χ2n) is 8.08. The predicted molar refractivity (Wildman–Crippen MR) is 132 cm³/mol. The predicted octanol–water partition coefficient (Wildman–Crippen LogP) is 3.38. The first kappa shape index (κ1) is 23.8. The van der Waals surface area contributed by atoms with E-state index < -0.39 is 11.9 Å². The fourth-order valence-corrected chi connectivity index (χ4v) is 3.81. The molecule has 9 nitrogen and oxygen atoms in total. The minimum atomic E-state index is -0.999. The number of benzene rings is 3. The lowest BCUT2D eigenvalue weighted by Gasteiger charge is -2.27. The molecular formula is C26H26N5O4. The molecule has 1 fully saturated rings. The molecule has 1 aliphatic heterocycles. The first-order valence-electron chi connectivity index (χ1n) is 11.2. The SMILES string of the molecule is N=C(N)c1cccc(NC(C(=O)Nc2ccc(C(=O)N3CCOCC3)cc2)c2ccccc2[O])c1. The van der Waals surface area contributed by atoms with Crippen LogP contribution in [0, 0.1) is 5.41 Å². The Kier molecular flexibility index (Phi) is 7.27. The number of hydrogen-bond donors (Lipinski definition) is 4. The summed E-state index contributed by atoms with van der Waals surface area (Å²) in [5, 5.41) is 26.1. The third-order valence-corrected chi connectivity index (χ3v) is 5.67. The van der Waals surface area contributed by atoms with E-state index in [1.807, 2.05) is 0 Å². The Morgan fingerprint density at radius 2 is 1.63 bits per heavy atom. The van der Waals surface area contributed by atoms with Gasteiger partial charge in [-0.3, -0.25) is 20.1 Å². The first-order chi connectivity index (χ1) is 16.9. The van der Waals surface area contributed by atoms with Gasteiger partial charge in [0.05, 0.1) is 13.2 Å². The molecule has 0 aliphatic carbocycles. The van der Waals surface area contributed by atoms with Gasteiger partial charge in [0, 0.05) is 41.2 Å². The third-order valence-electron chi connectivity index (χ3n) is 5.67. The van der Waals surface area contributed by atoms with Gasteiger partial charge < -0.3 is 26.0 Å². The smallest absolute Gasteiger partial charge is 0.254 e. The summed E-state index contributed by atoms with van der Waals surface area (Å²) in [5.74, 6) is -0.926. The summed E-state index contributed by atoms with van der Waals surface area (Å²) in [6, 6.07) is 18.7. The highest BCUT2D eigenvalue weighted by Gasteiger charge is 2.25. The summed E-state index contributed by atoms with van der Waals surface area (Å²) in [5.41, 5.74) is 7.89. The van der Waals surface area contributed by atoms with Crippen molar-refractivity contribution in [2.24, 2.45) is 5.73 Å². The Labute approximate surface area is 203 Å². The molecule has 2 amide bonds. The van der Waals surface area contributed by atoms with Crippen LogP contribution in [0.1, 0.15) is 27.5 Å². The number of hydrogen-bond acceptors (Lipinski definition) is 5. The van der Waals surface area contributed by atoms with Crippen molar-refractivity contribution >= 4 is 29.0 Å². The molecule has 0 bridgehead atoms. The number of ether oxygens (including phenoxy) is 1. The Hall–Kier alpha value is -4.37. The van der Waals surface area contributed by atoms with Crippen molar-refractivity contribution in [3.8, 4) is 5.75 Å². The minimum Gasteiger partial charge on any atom is -0.384 e. The molecule has 3 aromatic rings. The van der Waals surface area contributed by atoms with Gasteiger partial charge in [-0.1, -0.05) is 30.3 Å². The molecule has 1 saturated heterocycles. The zero-order valence-electron chi connectivity index (χ0n) is 19.0. The number of carbonyl (C=O) groups is 2. The van der Waals surface area contributed by atoms with Crippen LogP contribution in [0.25, 0.3) is 0 Å². The molecule has 0 spiro atoms. The fraction of sp³-hybridized carbons (Fsp3) is 0.192. The van der Waals surface area contributed by atoms with E-state index >= 15 is 0 Å². The van der Waals surface area contributed by atoms with Crippen LogP contribution in [0.5, 0.6) is 5.75 Å². The number of amides is 2. The van der Waals surface area contributed by atoms with Crippen LogP contribution in [0.3, 0.4) is 0 Å². The van der Waals surface area contributed by atoms with Crippen molar-refractivity contribution in [2.75, 3.05) is 36.9 Å². The lowest BCUT2D eigenvalue weighted by atomic mass is 10.0. The normalized spacial score (nSPS) is 14.1. The number of nitrogens with zero attached hydrogens (tertiary/aromatic N) is 1. The average Bonchev–Trinajstić information content (AvgIpc) is 2.88. The molecule has 5 N–H and O–H groups in total. The summed E-state index contributed by atoms with van der Waals surface area (Å²) in [6.45, 7) is 2.13. The minimum absolute atomic E-state index is 0.0867. The van der Waals surface area contributed by atoms with Gasteiger partial charge in [0.1, 0.15) is 11.9 Å². The summed E-state index contributed by atoms with van der Waals surface area (Å²) in [7, 11) is 0. The Morgan fingerprint density at radius 1 is 0.914 bits per heavy atom. The molecule has 1 unspecified atom stereocenters. The standard InChI is InChI=1S/C26H26N5O4/c27-24(28)18-4-3-5-20(16-18)29-23(21-6-1-2-7-22(21)32)25(33)30-19-10-8-17(9-11-19)26(34)31-12-14-35-15-13-31/h1-11,16,23,29H,12-15H2,(H3,27,28)(H,30,33). The summed E-state index contributed by atoms with van der Waals surface area (Å²) in [4.78, 5) is 27.7. The molecule has 179 valence electrons. The van der Waals surface area contributed by atoms with Crippen LogP contribution in [-0.4, -0.2) is 48.9 Å². The number of para-hydroxylation sites is 1. The van der Waals surface area contributed by atoms with Gasteiger partial charge in [-0.25, -0.2) is 0 Å². The molecule has 0 saturated carbocycles. The number of anilines is 2. The molecule has 9 heteroatoms. The van der Waals surface area contributed by atoms with Gasteiger partial charge in [-0.2, -0.15) is 0 Å². The topological polar surface area (TPSA) is 140 Å². The highest BCUT2D eigenvalue weighted by atomic mass is 16.5. The summed E-state index contributed by atoms with van der Waals surface area (Å²) >= 11 is 0. The maximum Gasteiger partial charge on any atom is 0.254 e. The van der Waals surface area contributed by atoms with Crippen LogP contribution in [-0.2, 0) is 14.6 Å².